The van der Waals surface area contributed by atoms with Gasteiger partial charge in [-0.25, -0.2) is 0 Å². The Kier molecular flexibility index (Phi) is 8.60. The van der Waals surface area contributed by atoms with Crippen LogP contribution >= 0.6 is 0 Å². The Hall–Kier alpha value is -8.14. The Labute approximate surface area is 392 Å². The molecule has 1 aromatic heterocycles. The molecule has 10 aromatic carbocycles. The van der Waals surface area contributed by atoms with Gasteiger partial charge in [-0.2, -0.15) is 0 Å². The highest BCUT2D eigenvalue weighted by Gasteiger charge is 2.37. The van der Waals surface area contributed by atoms with E-state index in [-0.39, 0.29) is 10.8 Å². The fourth-order valence-electron chi connectivity index (χ4n) is 11.6. The van der Waals surface area contributed by atoms with Gasteiger partial charge in [0.15, 0.2) is 0 Å². The van der Waals surface area contributed by atoms with Crippen LogP contribution in [0.5, 0.6) is 0 Å². The van der Waals surface area contributed by atoms with Crippen LogP contribution in [0.3, 0.4) is 0 Å². The third-order valence-electron chi connectivity index (χ3n) is 15.0. The van der Waals surface area contributed by atoms with Crippen LogP contribution in [-0.2, 0) is 10.8 Å². The maximum Gasteiger partial charge on any atom is 0.0547 e. The van der Waals surface area contributed by atoms with Gasteiger partial charge < -0.3 is 14.4 Å². The molecule has 3 nitrogen and oxygen atoms in total. The maximum atomic E-state index is 2.44. The zero-order valence-corrected chi connectivity index (χ0v) is 38.2. The number of rotatable bonds is 6. The Morgan fingerprint density at radius 3 is 1.64 bits per heavy atom. The van der Waals surface area contributed by atoms with Crippen LogP contribution in [0.15, 0.2) is 224 Å². The molecule has 0 bridgehead atoms. The molecule has 0 spiro atoms. The van der Waals surface area contributed by atoms with E-state index in [9.17, 15) is 0 Å². The van der Waals surface area contributed by atoms with Crippen molar-refractivity contribution in [1.29, 1.82) is 0 Å². The number of anilines is 6. The molecule has 2 aliphatic rings. The molecule has 1 aliphatic heterocycles. The van der Waals surface area contributed by atoms with Gasteiger partial charge in [0.1, 0.15) is 0 Å². The Bertz CT molecular complexity index is 3690. The molecule has 2 heterocycles. The predicted octanol–water partition coefficient (Wildman–Crippen LogP) is 17.5. The summed E-state index contributed by atoms with van der Waals surface area (Å²) in [5, 5.41) is 5.06. The molecule has 0 N–H and O–H groups in total. The van der Waals surface area contributed by atoms with E-state index in [1.807, 2.05) is 0 Å². The minimum Gasteiger partial charge on any atom is -0.310 e. The number of nitrogens with zero attached hydrogens (tertiary/aromatic N) is 3. The van der Waals surface area contributed by atoms with Gasteiger partial charge in [-0.15, -0.1) is 0 Å². The standard InChI is InChI=1S/C64H49N3/c1-63(2)54-21-11-10-20-51(54)52-37-36-49(41-57(52)63)65(47-32-34-48(35-33-47)67-59-24-14-12-22-55(59)64(3,4)56-23-13-15-25-60(56)67)46-30-26-42(27-31-46)44-29-38-58-53(40-44)62-50-19-9-8-16-43(50)28-39-61(62)66(58)45-17-6-5-7-18-45/h5-41H,1-4H3. The summed E-state index contributed by atoms with van der Waals surface area (Å²) in [6.07, 6.45) is 0. The molecule has 3 heteroatoms. The van der Waals surface area contributed by atoms with Crippen LogP contribution in [0.4, 0.5) is 34.1 Å². The second-order valence-corrected chi connectivity index (χ2v) is 19.4. The van der Waals surface area contributed by atoms with Crippen molar-refractivity contribution in [3.05, 3.63) is 247 Å². The molecule has 67 heavy (non-hydrogen) atoms. The lowest BCUT2D eigenvalue weighted by molar-refractivity contribution is 0.632. The Morgan fingerprint density at radius 2 is 0.910 bits per heavy atom. The first-order valence-corrected chi connectivity index (χ1v) is 23.5. The minimum absolute atomic E-state index is 0.116. The van der Waals surface area contributed by atoms with Crippen molar-refractivity contribution in [2.24, 2.45) is 0 Å². The Balaban J connectivity index is 0.936. The summed E-state index contributed by atoms with van der Waals surface area (Å²) in [5.41, 5.74) is 20.7. The van der Waals surface area contributed by atoms with Crippen molar-refractivity contribution in [2.45, 2.75) is 38.5 Å². The highest BCUT2D eigenvalue weighted by molar-refractivity contribution is 6.22. The normalized spacial score (nSPS) is 14.2. The summed E-state index contributed by atoms with van der Waals surface area (Å²) in [7, 11) is 0. The average Bonchev–Trinajstić information content (AvgIpc) is 3.83. The number of fused-ring (bicyclic) bond motifs is 10. The minimum atomic E-state index is -0.127. The summed E-state index contributed by atoms with van der Waals surface area (Å²) >= 11 is 0. The molecule has 0 amide bonds. The number of hydrogen-bond donors (Lipinski definition) is 0. The van der Waals surface area contributed by atoms with E-state index in [2.05, 4.69) is 267 Å². The lowest BCUT2D eigenvalue weighted by atomic mass is 9.73. The van der Waals surface area contributed by atoms with Gasteiger partial charge in [-0.3, -0.25) is 0 Å². The van der Waals surface area contributed by atoms with Crippen molar-refractivity contribution in [3.8, 4) is 27.9 Å². The summed E-state index contributed by atoms with van der Waals surface area (Å²) in [6.45, 7) is 9.41. The molecule has 0 unspecified atom stereocenters. The monoisotopic (exact) mass is 859 g/mol. The van der Waals surface area contributed by atoms with Crippen LogP contribution in [0.2, 0.25) is 0 Å². The van der Waals surface area contributed by atoms with Crippen LogP contribution in [0.25, 0.3) is 60.5 Å². The van der Waals surface area contributed by atoms with Crippen molar-refractivity contribution in [2.75, 3.05) is 9.80 Å². The van der Waals surface area contributed by atoms with Gasteiger partial charge in [0.2, 0.25) is 0 Å². The van der Waals surface area contributed by atoms with Gasteiger partial charge in [0, 0.05) is 50.0 Å². The molecule has 0 radical (unpaired) electrons. The van der Waals surface area contributed by atoms with Crippen molar-refractivity contribution in [1.82, 2.24) is 4.57 Å². The molecule has 0 saturated carbocycles. The van der Waals surface area contributed by atoms with E-state index in [1.165, 1.54) is 88.5 Å². The lowest BCUT2D eigenvalue weighted by Crippen LogP contribution is -2.30. The zero-order valence-electron chi connectivity index (χ0n) is 38.2. The Morgan fingerprint density at radius 1 is 0.358 bits per heavy atom. The molecule has 11 aromatic rings. The largest absolute Gasteiger partial charge is 0.310 e. The van der Waals surface area contributed by atoms with E-state index in [0.29, 0.717) is 0 Å². The number of aromatic nitrogens is 1. The summed E-state index contributed by atoms with van der Waals surface area (Å²) in [5.74, 6) is 0. The van der Waals surface area contributed by atoms with Gasteiger partial charge in [-0.1, -0.05) is 161 Å². The maximum absolute atomic E-state index is 2.44. The SMILES string of the molecule is CC1(C)c2ccccc2-c2ccc(N(c3ccc(-c4ccc5c(c4)c4c6ccccc6ccc4n5-c4ccccc4)cc3)c3ccc(N4c5ccccc5C(C)(C)c5ccccc54)cc3)cc21. The molecule has 13 rings (SSSR count). The van der Waals surface area contributed by atoms with E-state index >= 15 is 0 Å². The smallest absolute Gasteiger partial charge is 0.0547 e. The number of hydrogen-bond acceptors (Lipinski definition) is 2. The molecule has 1 aliphatic carbocycles. The van der Waals surface area contributed by atoms with Crippen molar-refractivity contribution in [3.63, 3.8) is 0 Å². The fourth-order valence-corrected chi connectivity index (χ4v) is 11.6. The van der Waals surface area contributed by atoms with Gasteiger partial charge >= 0.3 is 0 Å². The second-order valence-electron chi connectivity index (χ2n) is 19.4. The quantitative estimate of drug-likeness (QED) is 0.165. The van der Waals surface area contributed by atoms with Gasteiger partial charge in [0.25, 0.3) is 0 Å². The second kappa shape index (κ2) is 14.7. The van der Waals surface area contributed by atoms with E-state index in [1.54, 1.807) is 0 Å². The highest BCUT2D eigenvalue weighted by Crippen LogP contribution is 2.53. The summed E-state index contributed by atoms with van der Waals surface area (Å²) in [4.78, 5) is 4.86. The summed E-state index contributed by atoms with van der Waals surface area (Å²) < 4.78 is 2.41. The van der Waals surface area contributed by atoms with E-state index < -0.39 is 0 Å². The van der Waals surface area contributed by atoms with Crippen molar-refractivity contribution < 1.29 is 0 Å². The predicted molar refractivity (Wildman–Crippen MR) is 283 cm³/mol. The van der Waals surface area contributed by atoms with E-state index in [0.717, 1.165) is 28.4 Å². The first-order valence-electron chi connectivity index (χ1n) is 23.5. The lowest BCUT2D eigenvalue weighted by Gasteiger charge is -2.42. The molecule has 0 atom stereocenters. The number of para-hydroxylation sites is 3. The first kappa shape index (κ1) is 39.2. The zero-order chi connectivity index (χ0) is 45.0. The van der Waals surface area contributed by atoms with Crippen LogP contribution in [0, 0.1) is 0 Å². The van der Waals surface area contributed by atoms with Crippen LogP contribution < -0.4 is 9.80 Å². The fraction of sp³-hybridized carbons (Fsp3) is 0.0938. The van der Waals surface area contributed by atoms with Gasteiger partial charge in [-0.05, 0) is 146 Å². The number of benzene rings is 10. The van der Waals surface area contributed by atoms with Crippen molar-refractivity contribution >= 4 is 66.7 Å². The van der Waals surface area contributed by atoms with Crippen LogP contribution in [0.1, 0.15) is 49.9 Å². The molecule has 0 fully saturated rings. The topological polar surface area (TPSA) is 11.4 Å². The third-order valence-corrected chi connectivity index (χ3v) is 15.0. The first-order chi connectivity index (χ1) is 32.8. The summed E-state index contributed by atoms with van der Waals surface area (Å²) in [6, 6.07) is 83.1. The average molecular weight is 860 g/mol. The molecule has 320 valence electrons. The van der Waals surface area contributed by atoms with Crippen LogP contribution in [-0.4, -0.2) is 4.57 Å². The van der Waals surface area contributed by atoms with Gasteiger partial charge in [0.05, 0.1) is 22.4 Å². The highest BCUT2D eigenvalue weighted by atomic mass is 15.2. The van der Waals surface area contributed by atoms with E-state index in [4.69, 9.17) is 0 Å². The molecule has 0 saturated heterocycles. The molecular formula is C64H49N3. The molecular weight excluding hydrogens is 811 g/mol. The third kappa shape index (κ3) is 5.90.